The minimum Gasteiger partial charge on any atom is -0.366 e. The second kappa shape index (κ2) is 6.61. The van der Waals surface area contributed by atoms with E-state index in [-0.39, 0.29) is 17.4 Å². The summed E-state index contributed by atoms with van der Waals surface area (Å²) in [5.41, 5.74) is 5.78. The first kappa shape index (κ1) is 14.8. The van der Waals surface area contributed by atoms with Crippen LogP contribution in [0.5, 0.6) is 0 Å². The molecule has 4 nitrogen and oxygen atoms in total. The lowest BCUT2D eigenvalue weighted by Crippen LogP contribution is -2.27. The average molecular weight is 272 g/mol. The number of carbonyl (C=O) groups is 1. The zero-order chi connectivity index (χ0) is 13.7. The van der Waals surface area contributed by atoms with E-state index in [0.29, 0.717) is 12.1 Å². The van der Waals surface area contributed by atoms with Gasteiger partial charge in [-0.1, -0.05) is 0 Å². The highest BCUT2D eigenvalue weighted by Crippen LogP contribution is 2.10. The van der Waals surface area contributed by atoms with Crippen molar-refractivity contribution >= 4 is 16.7 Å². The van der Waals surface area contributed by atoms with Gasteiger partial charge in [0.05, 0.1) is 0 Å². The molecule has 0 saturated carbocycles. The van der Waals surface area contributed by atoms with Gasteiger partial charge in [-0.15, -0.1) is 0 Å². The van der Waals surface area contributed by atoms with Crippen LogP contribution >= 0.6 is 0 Å². The highest BCUT2D eigenvalue weighted by molar-refractivity contribution is 7.84. The van der Waals surface area contributed by atoms with Crippen molar-refractivity contribution in [3.05, 3.63) is 35.1 Å². The Hall–Kier alpha value is -1.27. The fraction of sp³-hybridized carbons (Fsp3) is 0.417. The molecule has 0 aliphatic heterocycles. The van der Waals surface area contributed by atoms with E-state index >= 15 is 0 Å². The molecule has 18 heavy (non-hydrogen) atoms. The Balaban J connectivity index is 2.64. The first-order chi connectivity index (χ1) is 8.41. The Kier molecular flexibility index (Phi) is 5.43. The first-order valence-corrected chi connectivity index (χ1v) is 7.15. The predicted molar refractivity (Wildman–Crippen MR) is 70.2 cm³/mol. The SMILES string of the molecule is CC(CNCc1cc(C(N)=O)ccc1F)S(C)=O. The molecule has 3 N–H and O–H groups in total. The highest BCUT2D eigenvalue weighted by Gasteiger charge is 2.09. The van der Waals surface area contributed by atoms with E-state index in [1.807, 2.05) is 6.92 Å². The monoisotopic (exact) mass is 272 g/mol. The second-order valence-electron chi connectivity index (χ2n) is 4.11. The standard InChI is InChI=1S/C12H17FN2O2S/c1-8(18(2)17)6-15-7-10-5-9(12(14)16)3-4-11(10)13/h3-5,8,15H,6-7H2,1-2H3,(H2,14,16). The van der Waals surface area contributed by atoms with Crippen LogP contribution in [0, 0.1) is 5.82 Å². The molecule has 0 aliphatic rings. The molecular formula is C12H17FN2O2S. The summed E-state index contributed by atoms with van der Waals surface area (Å²) in [6.07, 6.45) is 1.63. The van der Waals surface area contributed by atoms with Crippen LogP contribution in [0.1, 0.15) is 22.8 Å². The van der Waals surface area contributed by atoms with Crippen molar-refractivity contribution < 1.29 is 13.4 Å². The zero-order valence-corrected chi connectivity index (χ0v) is 11.2. The zero-order valence-electron chi connectivity index (χ0n) is 10.4. The summed E-state index contributed by atoms with van der Waals surface area (Å²) in [6.45, 7) is 2.64. The molecule has 0 radical (unpaired) electrons. The second-order valence-corrected chi connectivity index (χ2v) is 5.91. The number of carbonyl (C=O) groups excluding carboxylic acids is 1. The van der Waals surface area contributed by atoms with Crippen molar-refractivity contribution in [3.8, 4) is 0 Å². The smallest absolute Gasteiger partial charge is 0.248 e. The maximum atomic E-state index is 13.5. The predicted octanol–water partition coefficient (Wildman–Crippen LogP) is 0.781. The minimum absolute atomic E-state index is 0.00705. The van der Waals surface area contributed by atoms with E-state index < -0.39 is 22.5 Å². The number of hydrogen-bond donors (Lipinski definition) is 2. The van der Waals surface area contributed by atoms with Crippen molar-refractivity contribution in [2.24, 2.45) is 5.73 Å². The topological polar surface area (TPSA) is 72.2 Å². The fourth-order valence-corrected chi connectivity index (χ4v) is 1.74. The summed E-state index contributed by atoms with van der Waals surface area (Å²) in [5.74, 6) is -0.975. The molecule has 0 aliphatic carbocycles. The van der Waals surface area contributed by atoms with Gasteiger partial charge >= 0.3 is 0 Å². The third-order valence-electron chi connectivity index (χ3n) is 2.64. The third kappa shape index (κ3) is 4.19. The molecule has 2 unspecified atom stereocenters. The molecule has 0 heterocycles. The van der Waals surface area contributed by atoms with Crippen LogP contribution in [0.15, 0.2) is 18.2 Å². The number of benzene rings is 1. The van der Waals surface area contributed by atoms with Gasteiger partial charge in [0.25, 0.3) is 0 Å². The molecule has 0 saturated heterocycles. The van der Waals surface area contributed by atoms with Gasteiger partial charge in [0.15, 0.2) is 0 Å². The molecule has 1 rings (SSSR count). The number of nitrogens with one attached hydrogen (secondary N) is 1. The van der Waals surface area contributed by atoms with Crippen LogP contribution in [0.3, 0.4) is 0 Å². The van der Waals surface area contributed by atoms with Crippen LogP contribution in [-0.4, -0.2) is 28.2 Å². The molecule has 1 aromatic carbocycles. The van der Waals surface area contributed by atoms with Crippen molar-refractivity contribution in [2.75, 3.05) is 12.8 Å². The van der Waals surface area contributed by atoms with Crippen LogP contribution < -0.4 is 11.1 Å². The third-order valence-corrected chi connectivity index (χ3v) is 3.94. The van der Waals surface area contributed by atoms with Crippen LogP contribution in [0.2, 0.25) is 0 Å². The summed E-state index contributed by atoms with van der Waals surface area (Å²) in [4.78, 5) is 11.0. The molecule has 2 atom stereocenters. The quantitative estimate of drug-likeness (QED) is 0.804. The number of hydrogen-bond acceptors (Lipinski definition) is 3. The lowest BCUT2D eigenvalue weighted by Gasteiger charge is -2.10. The normalized spacial score (nSPS) is 14.2. The Labute approximate surface area is 108 Å². The molecule has 100 valence electrons. The van der Waals surface area contributed by atoms with E-state index in [9.17, 15) is 13.4 Å². The van der Waals surface area contributed by atoms with Gasteiger partial charge in [-0.3, -0.25) is 9.00 Å². The van der Waals surface area contributed by atoms with Gasteiger partial charge in [0.1, 0.15) is 5.82 Å². The molecular weight excluding hydrogens is 255 g/mol. The summed E-state index contributed by atoms with van der Waals surface area (Å²) in [5, 5.41) is 3.00. The highest BCUT2D eigenvalue weighted by atomic mass is 32.2. The van der Waals surface area contributed by atoms with Crippen molar-refractivity contribution in [1.29, 1.82) is 0 Å². The number of primary amides is 1. The van der Waals surface area contributed by atoms with E-state index in [0.717, 1.165) is 0 Å². The molecule has 6 heteroatoms. The van der Waals surface area contributed by atoms with Gasteiger partial charge in [0, 0.05) is 46.5 Å². The van der Waals surface area contributed by atoms with Gasteiger partial charge in [-0.2, -0.15) is 0 Å². The average Bonchev–Trinajstić information content (AvgIpc) is 2.30. The maximum Gasteiger partial charge on any atom is 0.248 e. The molecule has 0 spiro atoms. The molecule has 1 aromatic rings. The van der Waals surface area contributed by atoms with E-state index in [1.54, 1.807) is 6.26 Å². The van der Waals surface area contributed by atoms with Crippen LogP contribution in [0.4, 0.5) is 4.39 Å². The Morgan fingerprint density at radius 3 is 2.78 bits per heavy atom. The number of amides is 1. The summed E-state index contributed by atoms with van der Waals surface area (Å²) in [7, 11) is -0.916. The van der Waals surface area contributed by atoms with E-state index in [2.05, 4.69) is 5.32 Å². The largest absolute Gasteiger partial charge is 0.366 e. The van der Waals surface area contributed by atoms with Gasteiger partial charge < -0.3 is 11.1 Å². The van der Waals surface area contributed by atoms with E-state index in [4.69, 9.17) is 5.73 Å². The molecule has 0 fully saturated rings. The van der Waals surface area contributed by atoms with Crippen LogP contribution in [0.25, 0.3) is 0 Å². The molecule has 0 aromatic heterocycles. The lowest BCUT2D eigenvalue weighted by molar-refractivity contribution is 0.1000. The Morgan fingerprint density at radius 1 is 1.56 bits per heavy atom. The summed E-state index contributed by atoms with van der Waals surface area (Å²) in [6, 6.07) is 4.00. The van der Waals surface area contributed by atoms with Crippen LogP contribution in [-0.2, 0) is 17.3 Å². The Bertz CT molecular complexity index is 465. The first-order valence-electron chi connectivity index (χ1n) is 5.53. The Morgan fingerprint density at radius 2 is 2.22 bits per heavy atom. The van der Waals surface area contributed by atoms with Gasteiger partial charge in [0.2, 0.25) is 5.91 Å². The minimum atomic E-state index is -0.916. The summed E-state index contributed by atoms with van der Waals surface area (Å²) >= 11 is 0. The van der Waals surface area contributed by atoms with Crippen molar-refractivity contribution in [1.82, 2.24) is 5.32 Å². The van der Waals surface area contributed by atoms with Gasteiger partial charge in [-0.25, -0.2) is 4.39 Å². The van der Waals surface area contributed by atoms with Gasteiger partial charge in [-0.05, 0) is 25.1 Å². The number of rotatable bonds is 6. The van der Waals surface area contributed by atoms with Crippen molar-refractivity contribution in [2.45, 2.75) is 18.7 Å². The number of halogens is 1. The lowest BCUT2D eigenvalue weighted by atomic mass is 10.1. The van der Waals surface area contributed by atoms with Crippen molar-refractivity contribution in [3.63, 3.8) is 0 Å². The molecule has 0 bridgehead atoms. The maximum absolute atomic E-state index is 13.5. The van der Waals surface area contributed by atoms with E-state index in [1.165, 1.54) is 18.2 Å². The molecule has 1 amide bonds. The summed E-state index contributed by atoms with van der Waals surface area (Å²) < 4.78 is 24.6. The fourth-order valence-electron chi connectivity index (χ4n) is 1.39. The number of nitrogens with two attached hydrogens (primary N) is 1.